The van der Waals surface area contributed by atoms with Gasteiger partial charge in [0.25, 0.3) is 20.1 Å². The summed E-state index contributed by atoms with van der Waals surface area (Å²) < 4.78 is 57.6. The van der Waals surface area contributed by atoms with E-state index < -0.39 is 20.1 Å². The summed E-state index contributed by atoms with van der Waals surface area (Å²) in [5, 5.41) is -0.00672. The molecule has 0 atom stereocenters. The third kappa shape index (κ3) is 5.36. The zero-order chi connectivity index (χ0) is 17.4. The first-order valence-corrected chi connectivity index (χ1v) is 9.81. The van der Waals surface area contributed by atoms with Gasteiger partial charge in [0.2, 0.25) is 0 Å². The van der Waals surface area contributed by atoms with Crippen LogP contribution in [0.3, 0.4) is 0 Å². The Hall–Kier alpha value is 0.230. The molecule has 0 radical (unpaired) electrons. The quantitative estimate of drug-likeness (QED) is 0.417. The Morgan fingerprint density at radius 1 is 0.833 bits per heavy atom. The number of hydrogen-bond donors (Lipinski definition) is 2. The Morgan fingerprint density at radius 3 is 1.83 bits per heavy atom. The molecule has 2 aromatic carbocycles. The minimum atomic E-state index is -4.36. The Morgan fingerprint density at radius 2 is 1.33 bits per heavy atom. The van der Waals surface area contributed by atoms with E-state index in [0.717, 1.165) is 18.2 Å². The van der Waals surface area contributed by atoms with Gasteiger partial charge in [-0.25, -0.2) is 8.42 Å². The van der Waals surface area contributed by atoms with E-state index >= 15 is 0 Å². The maximum absolute atomic E-state index is 12.3. The Balaban J connectivity index is 0.00000288. The summed E-state index contributed by atoms with van der Waals surface area (Å²) in [4.78, 5) is -0.652. The molecule has 128 valence electrons. The molecular weight excluding hydrogens is 449 g/mol. The van der Waals surface area contributed by atoms with Gasteiger partial charge >= 0.3 is 37.7 Å². The molecule has 24 heavy (non-hydrogen) atoms. The molecular formula is C12H10CaCl3NO5S2. The molecule has 0 aliphatic heterocycles. The van der Waals surface area contributed by atoms with E-state index in [1.807, 2.05) is 0 Å². The van der Waals surface area contributed by atoms with Crippen molar-refractivity contribution in [2.24, 2.45) is 0 Å². The molecule has 0 heterocycles. The van der Waals surface area contributed by atoms with E-state index in [1.165, 1.54) is 18.2 Å². The van der Waals surface area contributed by atoms with Crippen LogP contribution in [0.25, 0.3) is 0 Å². The van der Waals surface area contributed by atoms with Crippen LogP contribution >= 0.6 is 34.8 Å². The van der Waals surface area contributed by atoms with Crippen LogP contribution in [0, 0.1) is 0 Å². The summed E-state index contributed by atoms with van der Waals surface area (Å²) in [5.74, 6) is 0. The molecule has 0 spiro atoms. The van der Waals surface area contributed by atoms with Gasteiger partial charge in [0.1, 0.15) is 4.90 Å². The normalized spacial score (nSPS) is 11.7. The molecule has 0 saturated carbocycles. The number of hydrogen-bond acceptors (Lipinski definition) is 4. The molecule has 0 aliphatic rings. The number of benzene rings is 2. The van der Waals surface area contributed by atoms with Gasteiger partial charge < -0.3 is 0 Å². The summed E-state index contributed by atoms with van der Waals surface area (Å²) in [6.07, 6.45) is 0. The van der Waals surface area contributed by atoms with Crippen LogP contribution in [0.2, 0.25) is 15.1 Å². The van der Waals surface area contributed by atoms with Crippen LogP contribution in [0.1, 0.15) is 0 Å². The van der Waals surface area contributed by atoms with Crippen LogP contribution in [0.15, 0.2) is 46.2 Å². The molecule has 0 aliphatic carbocycles. The molecule has 0 unspecified atom stereocenters. The van der Waals surface area contributed by atoms with Crippen molar-refractivity contribution in [2.75, 3.05) is 4.72 Å². The van der Waals surface area contributed by atoms with E-state index in [0.29, 0.717) is 0 Å². The van der Waals surface area contributed by atoms with Gasteiger partial charge in [-0.3, -0.25) is 9.27 Å². The fourth-order valence-electron chi connectivity index (χ4n) is 1.62. The van der Waals surface area contributed by atoms with Crippen LogP contribution in [0.5, 0.6) is 0 Å². The fraction of sp³-hybridized carbons (Fsp3) is 0. The number of nitrogens with one attached hydrogen (secondary N) is 1. The molecule has 12 heteroatoms. The Kier molecular flexibility index (Phi) is 7.69. The minimum absolute atomic E-state index is 0. The van der Waals surface area contributed by atoms with Crippen LogP contribution in [-0.4, -0.2) is 59.1 Å². The van der Waals surface area contributed by atoms with E-state index in [4.69, 9.17) is 39.4 Å². The second-order valence-electron chi connectivity index (χ2n) is 4.30. The zero-order valence-electron chi connectivity index (χ0n) is 11.0. The first-order valence-electron chi connectivity index (χ1n) is 5.75. The molecule has 0 saturated heterocycles. The van der Waals surface area contributed by atoms with E-state index in [-0.39, 0.29) is 68.3 Å². The van der Waals surface area contributed by atoms with Gasteiger partial charge in [-0.15, -0.1) is 0 Å². The number of halogens is 3. The van der Waals surface area contributed by atoms with Gasteiger partial charge in [-0.05, 0) is 36.4 Å². The summed E-state index contributed by atoms with van der Waals surface area (Å²) in [6.45, 7) is 0. The summed E-state index contributed by atoms with van der Waals surface area (Å²) >= 11 is 17.4. The summed E-state index contributed by atoms with van der Waals surface area (Å²) in [5.41, 5.74) is 0.0690. The zero-order valence-corrected chi connectivity index (χ0v) is 14.9. The summed E-state index contributed by atoms with van der Waals surface area (Å²) in [6, 6.07) is 6.73. The average molecular weight is 459 g/mol. The summed E-state index contributed by atoms with van der Waals surface area (Å²) in [7, 11) is -8.43. The van der Waals surface area contributed by atoms with Crippen molar-refractivity contribution in [3.8, 4) is 0 Å². The predicted octanol–water partition coefficient (Wildman–Crippen LogP) is 2.78. The second kappa shape index (κ2) is 8.28. The average Bonchev–Trinajstić information content (AvgIpc) is 2.41. The van der Waals surface area contributed by atoms with Crippen molar-refractivity contribution in [1.82, 2.24) is 0 Å². The first-order chi connectivity index (χ1) is 10.5. The van der Waals surface area contributed by atoms with Gasteiger partial charge in [0.15, 0.2) is 0 Å². The molecule has 0 aromatic heterocycles. The second-order valence-corrected chi connectivity index (χ2v) is 8.60. The maximum atomic E-state index is 12.3. The fourth-order valence-corrected chi connectivity index (χ4v) is 4.16. The molecule has 2 aromatic rings. The van der Waals surface area contributed by atoms with E-state index in [9.17, 15) is 16.8 Å². The number of sulfonamides is 1. The molecule has 0 fully saturated rings. The van der Waals surface area contributed by atoms with E-state index in [1.54, 1.807) is 0 Å². The molecule has 6 nitrogen and oxygen atoms in total. The molecule has 2 rings (SSSR count). The van der Waals surface area contributed by atoms with Crippen molar-refractivity contribution in [3.05, 3.63) is 51.5 Å². The van der Waals surface area contributed by atoms with Gasteiger partial charge in [0.05, 0.1) is 20.0 Å². The third-order valence-corrected chi connectivity index (χ3v) is 6.10. The first kappa shape index (κ1) is 22.3. The SMILES string of the molecule is O=S(=O)(O)c1ccc(NS(=O)(=O)c2cc(Cl)c(Cl)cc2Cl)cc1.[CaH2]. The van der Waals surface area contributed by atoms with Crippen molar-refractivity contribution in [3.63, 3.8) is 0 Å². The van der Waals surface area contributed by atoms with E-state index in [2.05, 4.69) is 4.72 Å². The third-order valence-electron chi connectivity index (χ3n) is 2.67. The van der Waals surface area contributed by atoms with Gasteiger partial charge in [-0.1, -0.05) is 34.8 Å². The number of anilines is 1. The Labute approximate surface area is 183 Å². The van der Waals surface area contributed by atoms with Crippen LogP contribution in [-0.2, 0) is 20.1 Å². The van der Waals surface area contributed by atoms with Gasteiger partial charge in [-0.2, -0.15) is 8.42 Å². The van der Waals surface area contributed by atoms with Gasteiger partial charge in [0, 0.05) is 5.69 Å². The van der Waals surface area contributed by atoms with Crippen molar-refractivity contribution < 1.29 is 21.4 Å². The standard InChI is InChI=1S/C12H8Cl3NO5S2.Ca.2H/c13-9-5-11(15)12(6-10(9)14)22(17,18)16-7-1-3-8(4-2-7)23(19,20)21;;;/h1-6,16H,(H,19,20,21);;;. The van der Waals surface area contributed by atoms with Crippen molar-refractivity contribution in [1.29, 1.82) is 0 Å². The predicted molar refractivity (Wildman–Crippen MR) is 97.1 cm³/mol. The van der Waals surface area contributed by atoms with Crippen LogP contribution < -0.4 is 4.72 Å². The van der Waals surface area contributed by atoms with Crippen molar-refractivity contribution in [2.45, 2.75) is 9.79 Å². The monoisotopic (exact) mass is 457 g/mol. The Bertz CT molecular complexity index is 963. The molecule has 0 bridgehead atoms. The topological polar surface area (TPSA) is 101 Å². The molecule has 2 N–H and O–H groups in total. The van der Waals surface area contributed by atoms with Crippen molar-refractivity contribution >= 4 is 98.4 Å². The number of rotatable bonds is 4. The van der Waals surface area contributed by atoms with Crippen LogP contribution in [0.4, 0.5) is 5.69 Å². The molecule has 0 amide bonds.